The summed E-state index contributed by atoms with van der Waals surface area (Å²) in [5.41, 5.74) is 0. The summed E-state index contributed by atoms with van der Waals surface area (Å²) in [5, 5.41) is 2.22. The Labute approximate surface area is 82.2 Å². The molecule has 13 heavy (non-hydrogen) atoms. The van der Waals surface area contributed by atoms with E-state index in [0.29, 0.717) is 0 Å². The van der Waals surface area contributed by atoms with E-state index in [0.717, 1.165) is 32.4 Å². The minimum absolute atomic E-state index is 0.167. The van der Waals surface area contributed by atoms with Crippen LogP contribution in [0.1, 0.15) is 19.3 Å². The summed E-state index contributed by atoms with van der Waals surface area (Å²) in [5.74, 6) is -0.600. The molecule has 0 aromatic heterocycles. The van der Waals surface area contributed by atoms with Crippen molar-refractivity contribution in [1.82, 2.24) is 10.2 Å². The zero-order valence-electron chi connectivity index (χ0n) is 7.38. The van der Waals surface area contributed by atoms with E-state index in [2.05, 4.69) is 5.32 Å². The normalized spacial score (nSPS) is 16.8. The third kappa shape index (κ3) is 3.22. The maximum atomic E-state index is 11.3. The fourth-order valence-electron chi connectivity index (χ4n) is 1.33. The highest BCUT2D eigenvalue weighted by Crippen LogP contribution is 2.08. The van der Waals surface area contributed by atoms with Gasteiger partial charge in [-0.3, -0.25) is 10.1 Å². The van der Waals surface area contributed by atoms with Crippen LogP contribution in [0.4, 0.5) is 4.79 Å². The number of nitrogens with one attached hydrogen (secondary N) is 1. The zero-order valence-corrected chi connectivity index (χ0v) is 8.14. The maximum Gasteiger partial charge on any atom is 0.324 e. The summed E-state index contributed by atoms with van der Waals surface area (Å²) in [6, 6.07) is -0.314. The molecule has 0 radical (unpaired) electrons. The number of carbonyl (C=O) groups is 2. The molecule has 1 saturated heterocycles. The molecule has 1 heterocycles. The number of piperidine rings is 1. The maximum absolute atomic E-state index is 11.3. The molecule has 0 saturated carbocycles. The topological polar surface area (TPSA) is 49.4 Å². The molecule has 1 fully saturated rings. The second-order valence-corrected chi connectivity index (χ2v) is 3.30. The van der Waals surface area contributed by atoms with Gasteiger partial charge in [0, 0.05) is 13.1 Å². The first kappa shape index (κ1) is 10.3. The SMILES string of the molecule is O=C(CCl)NC(=O)N1CCCCC1. The number of carbonyl (C=O) groups excluding carboxylic acids is 2. The predicted octanol–water partition coefficient (Wildman–Crippen LogP) is 0.947. The van der Waals surface area contributed by atoms with Gasteiger partial charge in [-0.2, -0.15) is 0 Å². The summed E-state index contributed by atoms with van der Waals surface area (Å²) in [7, 11) is 0. The number of halogens is 1. The average Bonchev–Trinajstić information content (AvgIpc) is 2.19. The lowest BCUT2D eigenvalue weighted by molar-refractivity contribution is -0.117. The number of rotatable bonds is 1. The average molecular weight is 205 g/mol. The van der Waals surface area contributed by atoms with E-state index < -0.39 is 5.91 Å². The van der Waals surface area contributed by atoms with Crippen LogP contribution in [-0.2, 0) is 4.79 Å². The molecule has 0 aromatic rings. The van der Waals surface area contributed by atoms with Crippen LogP contribution in [0.25, 0.3) is 0 Å². The van der Waals surface area contributed by atoms with Gasteiger partial charge < -0.3 is 4.90 Å². The Morgan fingerprint density at radius 1 is 1.23 bits per heavy atom. The molecule has 0 atom stereocenters. The second-order valence-electron chi connectivity index (χ2n) is 3.03. The van der Waals surface area contributed by atoms with E-state index >= 15 is 0 Å². The van der Waals surface area contributed by atoms with Gasteiger partial charge in [-0.25, -0.2) is 4.79 Å². The van der Waals surface area contributed by atoms with E-state index in [-0.39, 0.29) is 11.9 Å². The first-order valence-corrected chi connectivity index (χ1v) is 4.92. The molecule has 4 nitrogen and oxygen atoms in total. The Kier molecular flexibility index (Phi) is 4.02. The Morgan fingerprint density at radius 3 is 2.38 bits per heavy atom. The number of hydrogen-bond acceptors (Lipinski definition) is 2. The van der Waals surface area contributed by atoms with Crippen LogP contribution in [0, 0.1) is 0 Å². The summed E-state index contributed by atoms with van der Waals surface area (Å²) in [6.07, 6.45) is 3.19. The van der Waals surface area contributed by atoms with Crippen molar-refractivity contribution in [2.24, 2.45) is 0 Å². The van der Waals surface area contributed by atoms with Crippen molar-refractivity contribution >= 4 is 23.5 Å². The highest BCUT2D eigenvalue weighted by Gasteiger charge is 2.17. The molecule has 0 aliphatic carbocycles. The zero-order chi connectivity index (χ0) is 9.68. The van der Waals surface area contributed by atoms with Crippen molar-refractivity contribution in [3.05, 3.63) is 0 Å². The van der Waals surface area contributed by atoms with Crippen molar-refractivity contribution in [3.63, 3.8) is 0 Å². The van der Waals surface area contributed by atoms with Crippen LogP contribution in [0.3, 0.4) is 0 Å². The molecule has 0 aromatic carbocycles. The quantitative estimate of drug-likeness (QED) is 0.647. The fourth-order valence-corrected chi connectivity index (χ4v) is 1.40. The first-order valence-electron chi connectivity index (χ1n) is 4.39. The monoisotopic (exact) mass is 204 g/mol. The van der Waals surface area contributed by atoms with Crippen molar-refractivity contribution in [1.29, 1.82) is 0 Å². The Balaban J connectivity index is 2.33. The lowest BCUT2D eigenvalue weighted by Gasteiger charge is -2.26. The Bertz CT molecular complexity index is 202. The van der Waals surface area contributed by atoms with E-state index in [4.69, 9.17) is 11.6 Å². The van der Waals surface area contributed by atoms with Crippen molar-refractivity contribution in [2.75, 3.05) is 19.0 Å². The minimum atomic E-state index is -0.433. The molecular formula is C8H13ClN2O2. The Morgan fingerprint density at radius 2 is 1.85 bits per heavy atom. The van der Waals surface area contributed by atoms with Crippen molar-refractivity contribution in [3.8, 4) is 0 Å². The number of nitrogens with zero attached hydrogens (tertiary/aromatic N) is 1. The molecule has 5 heteroatoms. The number of alkyl halides is 1. The lowest BCUT2D eigenvalue weighted by Crippen LogP contribution is -2.45. The molecule has 3 amide bonds. The van der Waals surface area contributed by atoms with Crippen LogP contribution >= 0.6 is 11.6 Å². The van der Waals surface area contributed by atoms with Gasteiger partial charge >= 0.3 is 6.03 Å². The van der Waals surface area contributed by atoms with E-state index in [1.807, 2.05) is 0 Å². The molecule has 0 bridgehead atoms. The van der Waals surface area contributed by atoms with Gasteiger partial charge in [0.05, 0.1) is 0 Å². The molecule has 74 valence electrons. The molecule has 1 aliphatic rings. The van der Waals surface area contributed by atoms with E-state index in [9.17, 15) is 9.59 Å². The summed E-state index contributed by atoms with van der Waals surface area (Å²) >= 11 is 5.25. The predicted molar refractivity (Wildman–Crippen MR) is 49.7 cm³/mol. The van der Waals surface area contributed by atoms with Crippen molar-refractivity contribution < 1.29 is 9.59 Å². The van der Waals surface area contributed by atoms with Crippen LogP contribution in [0.15, 0.2) is 0 Å². The smallest absolute Gasteiger partial charge is 0.324 e. The summed E-state index contributed by atoms with van der Waals surface area (Å²) < 4.78 is 0. The van der Waals surface area contributed by atoms with Crippen molar-refractivity contribution in [2.45, 2.75) is 19.3 Å². The molecular weight excluding hydrogens is 192 g/mol. The molecule has 1 aliphatic heterocycles. The Hall–Kier alpha value is -0.770. The lowest BCUT2D eigenvalue weighted by atomic mass is 10.1. The fraction of sp³-hybridized carbons (Fsp3) is 0.750. The molecule has 0 spiro atoms. The van der Waals surface area contributed by atoms with Crippen LogP contribution in [0.5, 0.6) is 0 Å². The van der Waals surface area contributed by atoms with Gasteiger partial charge in [-0.15, -0.1) is 11.6 Å². The van der Waals surface area contributed by atoms with Gasteiger partial charge in [0.25, 0.3) is 0 Å². The van der Waals surface area contributed by atoms with Crippen LogP contribution in [0.2, 0.25) is 0 Å². The third-order valence-corrected chi connectivity index (χ3v) is 2.25. The minimum Gasteiger partial charge on any atom is -0.324 e. The van der Waals surface area contributed by atoms with Crippen LogP contribution < -0.4 is 5.32 Å². The number of amides is 3. The van der Waals surface area contributed by atoms with E-state index in [1.54, 1.807) is 4.90 Å². The molecule has 1 rings (SSSR count). The standard InChI is InChI=1S/C8H13ClN2O2/c9-6-7(12)10-8(13)11-4-2-1-3-5-11/h1-6H2,(H,10,12,13). The highest BCUT2D eigenvalue weighted by molar-refractivity contribution is 6.28. The molecule has 0 unspecified atom stereocenters. The number of hydrogen-bond donors (Lipinski definition) is 1. The van der Waals surface area contributed by atoms with Gasteiger partial charge in [0.15, 0.2) is 0 Å². The van der Waals surface area contributed by atoms with Gasteiger partial charge in [-0.05, 0) is 19.3 Å². The van der Waals surface area contributed by atoms with Crippen LogP contribution in [-0.4, -0.2) is 35.8 Å². The van der Waals surface area contributed by atoms with Gasteiger partial charge in [0.1, 0.15) is 5.88 Å². The molecule has 1 N–H and O–H groups in total. The third-order valence-electron chi connectivity index (χ3n) is 2.01. The van der Waals surface area contributed by atoms with E-state index in [1.165, 1.54) is 0 Å². The largest absolute Gasteiger partial charge is 0.324 e. The van der Waals surface area contributed by atoms with Gasteiger partial charge in [-0.1, -0.05) is 0 Å². The summed E-state index contributed by atoms with van der Waals surface area (Å²) in [4.78, 5) is 23.7. The number of urea groups is 1. The van der Waals surface area contributed by atoms with Gasteiger partial charge in [0.2, 0.25) is 5.91 Å². The number of likely N-dealkylation sites (tertiary alicyclic amines) is 1. The highest BCUT2D eigenvalue weighted by atomic mass is 35.5. The second kappa shape index (κ2) is 5.07. The summed E-state index contributed by atoms with van der Waals surface area (Å²) in [6.45, 7) is 1.47. The first-order chi connectivity index (χ1) is 6.24. The number of imide groups is 1.